The Hall–Kier alpha value is -1.54. The second-order valence-corrected chi connectivity index (χ2v) is 10.0. The second-order valence-electron chi connectivity index (χ2n) is 6.12. The Morgan fingerprint density at radius 3 is 1.67 bits per heavy atom. The molecule has 0 spiro atoms. The number of fused-ring (bicyclic) bond motifs is 2. The van der Waals surface area contributed by atoms with Gasteiger partial charge in [-0.3, -0.25) is 0 Å². The summed E-state index contributed by atoms with van der Waals surface area (Å²) >= 11 is -0.489. The van der Waals surface area contributed by atoms with E-state index in [2.05, 4.69) is 72.8 Å². The molecule has 2 aromatic rings. The third kappa shape index (κ3) is 2.53. The Labute approximate surface area is 133 Å². The van der Waals surface area contributed by atoms with Gasteiger partial charge in [-0.15, -0.1) is 0 Å². The van der Waals surface area contributed by atoms with Crippen LogP contribution in [-0.2, 0) is 0 Å². The summed E-state index contributed by atoms with van der Waals surface area (Å²) in [6.07, 6.45) is 9.47. The molecule has 0 fully saturated rings. The van der Waals surface area contributed by atoms with E-state index in [1.807, 2.05) is 0 Å². The number of hydrogen-bond donors (Lipinski definition) is 0. The zero-order chi connectivity index (χ0) is 14.1. The topological polar surface area (TPSA) is 0 Å². The summed E-state index contributed by atoms with van der Waals surface area (Å²) in [5.74, 6) is 1.42. The van der Waals surface area contributed by atoms with E-state index >= 15 is 0 Å². The number of allylic oxidation sites excluding steroid dienone is 2. The minimum absolute atomic E-state index is 0.489. The van der Waals surface area contributed by atoms with Gasteiger partial charge in [-0.25, -0.2) is 0 Å². The van der Waals surface area contributed by atoms with Gasteiger partial charge < -0.3 is 0 Å². The van der Waals surface area contributed by atoms with Crippen LogP contribution in [0.3, 0.4) is 0 Å². The van der Waals surface area contributed by atoms with Crippen molar-refractivity contribution in [2.45, 2.75) is 22.3 Å². The van der Waals surface area contributed by atoms with E-state index in [0.717, 1.165) is 0 Å². The van der Waals surface area contributed by atoms with E-state index in [9.17, 15) is 0 Å². The zero-order valence-electron chi connectivity index (χ0n) is 12.2. The van der Waals surface area contributed by atoms with Crippen molar-refractivity contribution in [2.24, 2.45) is 0 Å². The molecule has 0 aliphatic heterocycles. The van der Waals surface area contributed by atoms with Crippen molar-refractivity contribution in [1.82, 2.24) is 0 Å². The first-order valence-corrected chi connectivity index (χ1v) is 12.2. The van der Waals surface area contributed by atoms with Crippen LogP contribution in [0.5, 0.6) is 0 Å². The third-order valence-electron chi connectivity index (χ3n) is 4.84. The second kappa shape index (κ2) is 5.69. The molecule has 0 nitrogen and oxygen atoms in total. The molecule has 0 heterocycles. The standard InChI is InChI=1S/C20H20Ge/c1-3-7-19-15(5-1)9-11-17(19)13-21-14-18-12-10-16-6-2-4-8-20(16)18/h1-12,17-18H,13-14,21H2. The van der Waals surface area contributed by atoms with Crippen LogP contribution >= 0.6 is 0 Å². The van der Waals surface area contributed by atoms with Gasteiger partial charge in [0.2, 0.25) is 0 Å². The molecule has 2 aliphatic rings. The van der Waals surface area contributed by atoms with Gasteiger partial charge in [0, 0.05) is 0 Å². The van der Waals surface area contributed by atoms with E-state index in [1.165, 1.54) is 21.6 Å². The summed E-state index contributed by atoms with van der Waals surface area (Å²) in [6.45, 7) is 0. The number of hydrogen-bond acceptors (Lipinski definition) is 0. The van der Waals surface area contributed by atoms with Crippen LogP contribution in [0.2, 0.25) is 10.5 Å². The van der Waals surface area contributed by atoms with Gasteiger partial charge >= 0.3 is 133 Å². The molecule has 0 saturated heterocycles. The van der Waals surface area contributed by atoms with Crippen LogP contribution in [0.15, 0.2) is 60.7 Å². The molecule has 2 aliphatic carbocycles. The maximum absolute atomic E-state index is 2.42. The number of rotatable bonds is 4. The molecule has 104 valence electrons. The normalized spacial score (nSPS) is 22.1. The van der Waals surface area contributed by atoms with Gasteiger partial charge in [0.05, 0.1) is 0 Å². The van der Waals surface area contributed by atoms with E-state index in [0.29, 0.717) is 11.8 Å². The summed E-state index contributed by atoms with van der Waals surface area (Å²) in [7, 11) is 0. The molecule has 2 unspecified atom stereocenters. The van der Waals surface area contributed by atoms with Crippen molar-refractivity contribution < 1.29 is 0 Å². The monoisotopic (exact) mass is 334 g/mol. The quantitative estimate of drug-likeness (QED) is 0.717. The Morgan fingerprint density at radius 1 is 0.667 bits per heavy atom. The molecule has 2 aromatic carbocycles. The van der Waals surface area contributed by atoms with E-state index < -0.39 is 15.4 Å². The van der Waals surface area contributed by atoms with E-state index in [4.69, 9.17) is 0 Å². The SMILES string of the molecule is C1=CC([CH2][GeH2][CH2]C2C=Cc3ccccc32)c2ccccc21. The van der Waals surface area contributed by atoms with Gasteiger partial charge in [-0.1, -0.05) is 0 Å². The summed E-state index contributed by atoms with van der Waals surface area (Å²) < 4.78 is 0. The fraction of sp³-hybridized carbons (Fsp3) is 0.200. The van der Waals surface area contributed by atoms with Crippen molar-refractivity contribution in [3.63, 3.8) is 0 Å². The molecular weight excluding hydrogens is 313 g/mol. The fourth-order valence-electron chi connectivity index (χ4n) is 3.71. The van der Waals surface area contributed by atoms with Crippen LogP contribution in [0.1, 0.15) is 34.1 Å². The fourth-order valence-corrected chi connectivity index (χ4v) is 8.16. The van der Waals surface area contributed by atoms with Gasteiger partial charge in [0.25, 0.3) is 0 Å². The zero-order valence-corrected chi connectivity index (χ0v) is 15.2. The molecule has 0 aromatic heterocycles. The average Bonchev–Trinajstić information content (AvgIpc) is 3.13. The maximum atomic E-state index is 2.42. The predicted molar refractivity (Wildman–Crippen MR) is 94.6 cm³/mol. The molecule has 1 heteroatoms. The van der Waals surface area contributed by atoms with Crippen LogP contribution in [0, 0.1) is 0 Å². The van der Waals surface area contributed by atoms with E-state index in [-0.39, 0.29) is 0 Å². The van der Waals surface area contributed by atoms with Gasteiger partial charge in [0.15, 0.2) is 0 Å². The predicted octanol–water partition coefficient (Wildman–Crippen LogP) is 4.61. The average molecular weight is 333 g/mol. The Kier molecular flexibility index (Phi) is 3.56. The Morgan fingerprint density at radius 2 is 1.14 bits per heavy atom. The van der Waals surface area contributed by atoms with Gasteiger partial charge in [-0.2, -0.15) is 0 Å². The molecule has 0 N–H and O–H groups in total. The molecule has 0 saturated carbocycles. The van der Waals surface area contributed by atoms with Crippen molar-refractivity contribution in [3.05, 3.63) is 82.9 Å². The summed E-state index contributed by atoms with van der Waals surface area (Å²) in [4.78, 5) is 0. The van der Waals surface area contributed by atoms with Crippen molar-refractivity contribution in [2.75, 3.05) is 0 Å². The molecule has 0 bridgehead atoms. The first-order chi connectivity index (χ1) is 10.4. The first-order valence-electron chi connectivity index (χ1n) is 7.96. The molecule has 21 heavy (non-hydrogen) atoms. The van der Waals surface area contributed by atoms with Crippen molar-refractivity contribution in [1.29, 1.82) is 0 Å². The Balaban J connectivity index is 1.38. The van der Waals surface area contributed by atoms with Gasteiger partial charge in [0.1, 0.15) is 0 Å². The van der Waals surface area contributed by atoms with Crippen molar-refractivity contribution >= 4 is 27.6 Å². The molecule has 2 atom stereocenters. The summed E-state index contributed by atoms with van der Waals surface area (Å²) in [5.41, 5.74) is 6.00. The Bertz CT molecular complexity index is 650. The molecule has 0 radical (unpaired) electrons. The minimum atomic E-state index is -0.489. The summed E-state index contributed by atoms with van der Waals surface area (Å²) in [5, 5.41) is 2.90. The van der Waals surface area contributed by atoms with Gasteiger partial charge in [-0.05, 0) is 0 Å². The molecule has 4 rings (SSSR count). The molecular formula is C20H20Ge. The molecule has 0 amide bonds. The van der Waals surface area contributed by atoms with Crippen LogP contribution in [-0.4, -0.2) is 15.4 Å². The summed E-state index contributed by atoms with van der Waals surface area (Å²) in [6, 6.07) is 17.8. The third-order valence-corrected chi connectivity index (χ3v) is 9.16. The van der Waals surface area contributed by atoms with Crippen LogP contribution in [0.25, 0.3) is 12.2 Å². The van der Waals surface area contributed by atoms with Crippen molar-refractivity contribution in [3.8, 4) is 0 Å². The number of benzene rings is 2. The van der Waals surface area contributed by atoms with Crippen LogP contribution in [0.4, 0.5) is 0 Å². The van der Waals surface area contributed by atoms with Crippen LogP contribution < -0.4 is 0 Å². The first kappa shape index (κ1) is 13.1. The van der Waals surface area contributed by atoms with E-state index in [1.54, 1.807) is 11.1 Å².